The summed E-state index contributed by atoms with van der Waals surface area (Å²) >= 11 is 1.88. The molecule has 2 heterocycles. The third-order valence-electron chi connectivity index (χ3n) is 4.61. The molecule has 0 aliphatic carbocycles. The highest BCUT2D eigenvalue weighted by Crippen LogP contribution is 2.38. The summed E-state index contributed by atoms with van der Waals surface area (Å²) in [6.07, 6.45) is 8.48. The van der Waals surface area contributed by atoms with E-state index in [2.05, 4.69) is 79.2 Å². The molecule has 0 saturated carbocycles. The first kappa shape index (κ1) is 14.3. The number of hydrogen-bond donors (Lipinski definition) is 0. The predicted octanol–water partition coefficient (Wildman–Crippen LogP) is 6.44. The van der Waals surface area contributed by atoms with Gasteiger partial charge in [-0.3, -0.25) is 0 Å². The van der Waals surface area contributed by atoms with Gasteiger partial charge in [-0.1, -0.05) is 42.5 Å². The number of rotatable bonds is 2. The molecule has 4 rings (SSSR count). The van der Waals surface area contributed by atoms with E-state index in [1.165, 1.54) is 42.3 Å². The Morgan fingerprint density at radius 1 is 0.957 bits per heavy atom. The summed E-state index contributed by atoms with van der Waals surface area (Å²) in [6.45, 7) is 4.24. The number of benzene rings is 2. The molecule has 0 amide bonds. The Labute approximate surface area is 140 Å². The monoisotopic (exact) mass is 317 g/mol. The topological polar surface area (TPSA) is 4.93 Å². The van der Waals surface area contributed by atoms with E-state index in [0.29, 0.717) is 0 Å². The molecule has 0 N–H and O–H groups in total. The summed E-state index contributed by atoms with van der Waals surface area (Å²) in [7, 11) is 2.16. The second-order valence-corrected chi connectivity index (χ2v) is 6.99. The third-order valence-corrected chi connectivity index (χ3v) is 5.74. The SMILES string of the molecule is CC=C/C=C\c1c(C)n(C)c2cc3sc4ccccc4c3cc12. The fraction of sp³-hybridized carbons (Fsp3) is 0.143. The Kier molecular flexibility index (Phi) is 3.35. The van der Waals surface area contributed by atoms with Crippen molar-refractivity contribution in [3.63, 3.8) is 0 Å². The normalized spacial score (nSPS) is 12.7. The number of thiophene rings is 1. The van der Waals surface area contributed by atoms with Crippen LogP contribution in [0.3, 0.4) is 0 Å². The van der Waals surface area contributed by atoms with Gasteiger partial charge in [-0.05, 0) is 32.0 Å². The van der Waals surface area contributed by atoms with E-state index in [1.807, 2.05) is 18.3 Å². The van der Waals surface area contributed by atoms with E-state index >= 15 is 0 Å². The van der Waals surface area contributed by atoms with Crippen molar-refractivity contribution in [2.45, 2.75) is 13.8 Å². The Bertz CT molecular complexity index is 1090. The summed E-state index contributed by atoms with van der Waals surface area (Å²) < 4.78 is 5.03. The van der Waals surface area contributed by atoms with Gasteiger partial charge in [-0.2, -0.15) is 0 Å². The lowest BCUT2D eigenvalue weighted by molar-refractivity contribution is 0.917. The van der Waals surface area contributed by atoms with E-state index in [0.717, 1.165) is 0 Å². The quantitative estimate of drug-likeness (QED) is 0.375. The number of aromatic nitrogens is 1. The molecule has 1 nitrogen and oxygen atoms in total. The van der Waals surface area contributed by atoms with Crippen LogP contribution in [0.5, 0.6) is 0 Å². The molecule has 23 heavy (non-hydrogen) atoms. The highest BCUT2D eigenvalue weighted by Gasteiger charge is 2.13. The zero-order valence-corrected chi connectivity index (χ0v) is 14.4. The van der Waals surface area contributed by atoms with Crippen LogP contribution >= 0.6 is 11.3 Å². The van der Waals surface area contributed by atoms with Gasteiger partial charge in [0.2, 0.25) is 0 Å². The van der Waals surface area contributed by atoms with Crippen LogP contribution in [0.25, 0.3) is 37.2 Å². The zero-order chi connectivity index (χ0) is 16.0. The van der Waals surface area contributed by atoms with Crippen molar-refractivity contribution in [2.24, 2.45) is 7.05 Å². The van der Waals surface area contributed by atoms with Crippen LogP contribution in [-0.4, -0.2) is 4.57 Å². The molecule has 0 bridgehead atoms. The van der Waals surface area contributed by atoms with Crippen molar-refractivity contribution in [3.8, 4) is 0 Å². The number of nitrogens with zero attached hydrogens (tertiary/aromatic N) is 1. The lowest BCUT2D eigenvalue weighted by atomic mass is 10.1. The Morgan fingerprint density at radius 2 is 1.78 bits per heavy atom. The molecule has 0 saturated heterocycles. The zero-order valence-electron chi connectivity index (χ0n) is 13.6. The van der Waals surface area contributed by atoms with Crippen LogP contribution in [0.2, 0.25) is 0 Å². The predicted molar refractivity (Wildman–Crippen MR) is 104 cm³/mol. The van der Waals surface area contributed by atoms with Gasteiger partial charge < -0.3 is 4.57 Å². The lowest BCUT2D eigenvalue weighted by Crippen LogP contribution is -1.89. The second kappa shape index (κ2) is 5.39. The second-order valence-electron chi connectivity index (χ2n) is 5.91. The minimum absolute atomic E-state index is 1.31. The van der Waals surface area contributed by atoms with Gasteiger partial charge in [0.05, 0.1) is 5.52 Å². The summed E-state index contributed by atoms with van der Waals surface area (Å²) in [6, 6.07) is 13.4. The summed E-state index contributed by atoms with van der Waals surface area (Å²) in [5.41, 5.74) is 3.93. The standard InChI is InChI=1S/C21H19NS/c1-4-5-6-9-15-14(2)22(3)19-13-21-18(12-17(15)19)16-10-7-8-11-20(16)23-21/h4-13H,1-3H3/b5-4?,9-6-. The van der Waals surface area contributed by atoms with Gasteiger partial charge >= 0.3 is 0 Å². The van der Waals surface area contributed by atoms with Gasteiger partial charge in [0, 0.05) is 43.9 Å². The minimum atomic E-state index is 1.31. The van der Waals surface area contributed by atoms with Crippen LogP contribution in [0.15, 0.2) is 54.6 Å². The van der Waals surface area contributed by atoms with Crippen molar-refractivity contribution >= 4 is 48.5 Å². The highest BCUT2D eigenvalue weighted by molar-refractivity contribution is 7.25. The molecule has 2 aromatic heterocycles. The molecule has 4 aromatic rings. The molecule has 2 heteroatoms. The van der Waals surface area contributed by atoms with Crippen LogP contribution in [-0.2, 0) is 7.05 Å². The Hall–Kier alpha value is -2.32. The summed E-state index contributed by atoms with van der Waals surface area (Å²) in [4.78, 5) is 0. The molecule has 0 radical (unpaired) electrons. The molecule has 114 valence electrons. The van der Waals surface area contributed by atoms with Crippen molar-refractivity contribution < 1.29 is 0 Å². The number of allylic oxidation sites excluding steroid dienone is 3. The average Bonchev–Trinajstić information content (AvgIpc) is 3.04. The van der Waals surface area contributed by atoms with E-state index in [1.54, 1.807) is 0 Å². The van der Waals surface area contributed by atoms with Gasteiger partial charge in [0.1, 0.15) is 0 Å². The van der Waals surface area contributed by atoms with E-state index in [4.69, 9.17) is 0 Å². The number of fused-ring (bicyclic) bond motifs is 4. The molecule has 0 aliphatic heterocycles. The van der Waals surface area contributed by atoms with Gasteiger partial charge in [-0.25, -0.2) is 0 Å². The smallest absolute Gasteiger partial charge is 0.0500 e. The van der Waals surface area contributed by atoms with Crippen LogP contribution in [0, 0.1) is 6.92 Å². The van der Waals surface area contributed by atoms with Crippen molar-refractivity contribution in [1.82, 2.24) is 4.57 Å². The summed E-state index contributed by atoms with van der Waals surface area (Å²) in [5, 5.41) is 4.06. The lowest BCUT2D eigenvalue weighted by Gasteiger charge is -1.98. The molecule has 0 fully saturated rings. The van der Waals surface area contributed by atoms with E-state index < -0.39 is 0 Å². The maximum absolute atomic E-state index is 2.37. The minimum Gasteiger partial charge on any atom is -0.347 e. The van der Waals surface area contributed by atoms with Crippen LogP contribution < -0.4 is 0 Å². The van der Waals surface area contributed by atoms with Gasteiger partial charge in [0.25, 0.3) is 0 Å². The molecular weight excluding hydrogens is 298 g/mol. The maximum atomic E-state index is 2.37. The van der Waals surface area contributed by atoms with Crippen molar-refractivity contribution in [2.75, 3.05) is 0 Å². The first-order valence-electron chi connectivity index (χ1n) is 7.90. The Balaban J connectivity index is 2.10. The molecule has 0 spiro atoms. The van der Waals surface area contributed by atoms with Crippen molar-refractivity contribution in [3.05, 3.63) is 65.9 Å². The van der Waals surface area contributed by atoms with Crippen molar-refractivity contribution in [1.29, 1.82) is 0 Å². The van der Waals surface area contributed by atoms with E-state index in [-0.39, 0.29) is 0 Å². The Morgan fingerprint density at radius 3 is 2.61 bits per heavy atom. The molecule has 0 unspecified atom stereocenters. The van der Waals surface area contributed by atoms with Gasteiger partial charge in [-0.15, -0.1) is 11.3 Å². The fourth-order valence-electron chi connectivity index (χ4n) is 3.28. The molecular formula is C21H19NS. The van der Waals surface area contributed by atoms with Gasteiger partial charge in [0.15, 0.2) is 0 Å². The molecule has 0 aliphatic rings. The average molecular weight is 317 g/mol. The van der Waals surface area contributed by atoms with E-state index in [9.17, 15) is 0 Å². The largest absolute Gasteiger partial charge is 0.347 e. The fourth-order valence-corrected chi connectivity index (χ4v) is 4.40. The molecule has 0 atom stereocenters. The first-order valence-corrected chi connectivity index (χ1v) is 8.72. The third kappa shape index (κ3) is 2.13. The van der Waals surface area contributed by atoms with Crippen LogP contribution in [0.1, 0.15) is 18.2 Å². The maximum Gasteiger partial charge on any atom is 0.0500 e. The summed E-state index contributed by atoms with van der Waals surface area (Å²) in [5.74, 6) is 0. The van der Waals surface area contributed by atoms with Crippen LogP contribution in [0.4, 0.5) is 0 Å². The highest BCUT2D eigenvalue weighted by atomic mass is 32.1. The molecule has 2 aromatic carbocycles. The number of aryl methyl sites for hydroxylation is 1. The first-order chi connectivity index (χ1) is 11.2. The number of hydrogen-bond acceptors (Lipinski definition) is 1.